The van der Waals surface area contributed by atoms with E-state index in [1.807, 2.05) is 30.3 Å². The third-order valence-corrected chi connectivity index (χ3v) is 5.54. The van der Waals surface area contributed by atoms with Crippen LogP contribution >= 0.6 is 11.6 Å². The largest absolute Gasteiger partial charge is 0.507 e. The van der Waals surface area contributed by atoms with Crippen molar-refractivity contribution in [3.05, 3.63) is 95.4 Å². The number of halogens is 2. The number of aliphatic hydroxyl groups excluding tert-OH is 1. The zero-order valence-electron chi connectivity index (χ0n) is 18.0. The molecule has 0 spiro atoms. The lowest BCUT2D eigenvalue weighted by Crippen LogP contribution is -2.15. The van der Waals surface area contributed by atoms with Gasteiger partial charge in [-0.3, -0.25) is 10.4 Å². The second-order valence-corrected chi connectivity index (χ2v) is 7.97. The average Bonchev–Trinajstić information content (AvgIpc) is 2.86. The summed E-state index contributed by atoms with van der Waals surface area (Å²) >= 11 is 6.17. The highest BCUT2D eigenvalue weighted by molar-refractivity contribution is 6.31. The van der Waals surface area contributed by atoms with Gasteiger partial charge >= 0.3 is 0 Å². The third kappa shape index (κ3) is 5.01. The van der Waals surface area contributed by atoms with Gasteiger partial charge in [0.1, 0.15) is 11.6 Å². The van der Waals surface area contributed by atoms with Crippen LogP contribution in [0.25, 0.3) is 22.4 Å². The van der Waals surface area contributed by atoms with E-state index in [1.54, 1.807) is 36.5 Å². The molecule has 1 heterocycles. The highest BCUT2D eigenvalue weighted by Crippen LogP contribution is 2.39. The first-order valence-corrected chi connectivity index (χ1v) is 10.8. The zero-order chi connectivity index (χ0) is 24.1. The van der Waals surface area contributed by atoms with Crippen molar-refractivity contribution < 1.29 is 14.6 Å². The minimum absolute atomic E-state index is 0.00834. The Morgan fingerprint density at radius 1 is 1.03 bits per heavy atom. The van der Waals surface area contributed by atoms with Crippen molar-refractivity contribution in [3.63, 3.8) is 0 Å². The van der Waals surface area contributed by atoms with Crippen LogP contribution in [-0.4, -0.2) is 28.5 Å². The Labute approximate surface area is 201 Å². The summed E-state index contributed by atoms with van der Waals surface area (Å²) in [6.45, 7) is 3.18. The van der Waals surface area contributed by atoms with Gasteiger partial charge in [0.25, 0.3) is 0 Å². The van der Waals surface area contributed by atoms with Crippen molar-refractivity contribution in [2.75, 3.05) is 17.3 Å². The Balaban J connectivity index is 1.82. The van der Waals surface area contributed by atoms with E-state index in [0.717, 1.165) is 5.56 Å². The number of benzene rings is 3. The molecule has 1 atom stereocenters. The maximum atomic E-state index is 14.7. The van der Waals surface area contributed by atoms with Crippen molar-refractivity contribution in [1.29, 1.82) is 0 Å². The Kier molecular flexibility index (Phi) is 7.06. The number of nitrogens with one attached hydrogen (secondary N) is 2. The van der Waals surface area contributed by atoms with Gasteiger partial charge in [-0.05, 0) is 47.5 Å². The molecule has 0 saturated carbocycles. The fourth-order valence-corrected chi connectivity index (χ4v) is 3.83. The molecule has 8 heteroatoms. The number of pyridine rings is 1. The first kappa shape index (κ1) is 23.2. The topological polar surface area (TPSA) is 89.8 Å². The summed E-state index contributed by atoms with van der Waals surface area (Å²) < 4.78 is 14.7. The van der Waals surface area contributed by atoms with Crippen molar-refractivity contribution in [2.24, 2.45) is 5.10 Å². The molecule has 34 heavy (non-hydrogen) atoms. The molecule has 4 rings (SSSR count). The van der Waals surface area contributed by atoms with Crippen LogP contribution in [0.15, 0.2) is 84.1 Å². The molecule has 0 saturated heterocycles. The number of nitrogens with zero attached hydrogens (tertiary/aromatic N) is 2. The van der Waals surface area contributed by atoms with E-state index in [9.17, 15) is 14.6 Å². The quantitative estimate of drug-likeness (QED) is 0.182. The zero-order valence-corrected chi connectivity index (χ0v) is 18.8. The molecular weight excluding hydrogens is 455 g/mol. The molecule has 4 N–H and O–H groups in total. The Morgan fingerprint density at radius 2 is 1.82 bits per heavy atom. The summed E-state index contributed by atoms with van der Waals surface area (Å²) in [5.74, 6) is -0.534. The minimum Gasteiger partial charge on any atom is -0.507 e. The van der Waals surface area contributed by atoms with E-state index in [-0.39, 0.29) is 24.1 Å². The minimum atomic E-state index is -0.526. The van der Waals surface area contributed by atoms with Gasteiger partial charge in [-0.1, -0.05) is 48.0 Å². The number of hydrogen-bond donors (Lipinski definition) is 4. The average molecular weight is 477 g/mol. The fraction of sp³-hybridized carbons (Fsp3) is 0.0769. The molecule has 6 nitrogen and oxygen atoms in total. The van der Waals surface area contributed by atoms with Gasteiger partial charge in [0.05, 0.1) is 35.9 Å². The van der Waals surface area contributed by atoms with Crippen LogP contribution < -0.4 is 10.7 Å². The number of phenolic OH excluding ortho intramolecular Hbond substituents is 1. The van der Waals surface area contributed by atoms with Gasteiger partial charge in [0.2, 0.25) is 0 Å². The Bertz CT molecular complexity index is 1320. The number of aliphatic hydroxyl groups is 1. The van der Waals surface area contributed by atoms with Crippen LogP contribution in [0.4, 0.5) is 15.8 Å². The highest BCUT2D eigenvalue weighted by atomic mass is 35.5. The summed E-state index contributed by atoms with van der Waals surface area (Å²) in [4.78, 5) is 4.57. The molecule has 0 fully saturated rings. The molecule has 0 aliphatic heterocycles. The predicted molar refractivity (Wildman–Crippen MR) is 135 cm³/mol. The molecule has 1 aromatic heterocycles. The molecule has 0 bridgehead atoms. The van der Waals surface area contributed by atoms with Gasteiger partial charge in [-0.15, -0.1) is 0 Å². The monoisotopic (exact) mass is 476 g/mol. The van der Waals surface area contributed by atoms with E-state index in [2.05, 4.69) is 27.5 Å². The molecular formula is C26H22ClFN4O2. The van der Waals surface area contributed by atoms with E-state index in [1.165, 1.54) is 12.1 Å². The summed E-state index contributed by atoms with van der Waals surface area (Å²) in [5, 5.41) is 27.6. The van der Waals surface area contributed by atoms with Gasteiger partial charge in [0, 0.05) is 22.9 Å². The molecule has 172 valence electrons. The van der Waals surface area contributed by atoms with Gasteiger partial charge in [-0.25, -0.2) is 4.39 Å². The van der Waals surface area contributed by atoms with Crippen LogP contribution in [0.3, 0.4) is 0 Å². The normalized spacial score (nSPS) is 11.6. The lowest BCUT2D eigenvalue weighted by Gasteiger charge is -2.20. The third-order valence-electron chi connectivity index (χ3n) is 5.31. The number of aromatic hydroxyl groups is 1. The number of phenols is 1. The summed E-state index contributed by atoms with van der Waals surface area (Å²) in [5.41, 5.74) is 6.12. The Morgan fingerprint density at radius 3 is 2.53 bits per heavy atom. The van der Waals surface area contributed by atoms with Gasteiger partial charge in [0.15, 0.2) is 0 Å². The molecule has 0 aliphatic rings. The Hall–Kier alpha value is -3.94. The van der Waals surface area contributed by atoms with Crippen molar-refractivity contribution in [3.8, 4) is 28.1 Å². The number of aromatic nitrogens is 1. The van der Waals surface area contributed by atoms with Crippen LogP contribution in [0.5, 0.6) is 5.75 Å². The van der Waals surface area contributed by atoms with Crippen LogP contribution in [0.1, 0.15) is 11.6 Å². The molecule has 4 aromatic rings. The maximum absolute atomic E-state index is 14.7. The highest BCUT2D eigenvalue weighted by Gasteiger charge is 2.17. The number of anilines is 2. The summed E-state index contributed by atoms with van der Waals surface area (Å²) in [7, 11) is 0. The van der Waals surface area contributed by atoms with E-state index in [4.69, 9.17) is 11.6 Å². The number of rotatable bonds is 8. The van der Waals surface area contributed by atoms with Crippen molar-refractivity contribution in [1.82, 2.24) is 4.98 Å². The van der Waals surface area contributed by atoms with Gasteiger partial charge < -0.3 is 15.5 Å². The van der Waals surface area contributed by atoms with Crippen molar-refractivity contribution >= 4 is 29.7 Å². The lowest BCUT2D eigenvalue weighted by molar-refractivity contribution is 0.276. The molecule has 1 unspecified atom stereocenters. The fourth-order valence-electron chi connectivity index (χ4n) is 3.66. The number of hydrogen-bond acceptors (Lipinski definition) is 6. The molecule has 3 aromatic carbocycles. The smallest absolute Gasteiger partial charge is 0.148 e. The second-order valence-electron chi connectivity index (χ2n) is 7.54. The summed E-state index contributed by atoms with van der Waals surface area (Å²) in [6.07, 6.45) is 1.60. The van der Waals surface area contributed by atoms with Gasteiger partial charge in [-0.2, -0.15) is 5.10 Å². The van der Waals surface area contributed by atoms with Crippen LogP contribution in [0.2, 0.25) is 5.02 Å². The summed E-state index contributed by atoms with van der Waals surface area (Å²) in [6, 6.07) is 20.2. The molecule has 0 radical (unpaired) electrons. The van der Waals surface area contributed by atoms with E-state index in [0.29, 0.717) is 33.1 Å². The van der Waals surface area contributed by atoms with E-state index >= 15 is 0 Å². The second kappa shape index (κ2) is 10.3. The van der Waals surface area contributed by atoms with E-state index < -0.39 is 5.82 Å². The number of hydrazone groups is 1. The van der Waals surface area contributed by atoms with Crippen molar-refractivity contribution in [2.45, 2.75) is 6.04 Å². The maximum Gasteiger partial charge on any atom is 0.148 e. The molecule has 0 aliphatic carbocycles. The SMILES string of the molecule is C=NNc1ccc(-c2cc(NC(CO)c3ccccc3)cnc2-c2cc(Cl)ccc2O)cc1F. The standard InChI is InChI=1S/C26H22ClFN4O2/c1-29-32-23-9-7-17(11-22(23)28)20-13-19(31-24(15-33)16-5-3-2-4-6-16)14-30-26(20)21-12-18(27)8-10-25(21)34/h2-14,24,31-34H,1,15H2. The first-order valence-electron chi connectivity index (χ1n) is 10.4. The first-order chi connectivity index (χ1) is 16.5. The van der Waals surface area contributed by atoms with Crippen LogP contribution in [0, 0.1) is 5.82 Å². The lowest BCUT2D eigenvalue weighted by atomic mass is 9.97. The van der Waals surface area contributed by atoms with Crippen LogP contribution in [-0.2, 0) is 0 Å². The predicted octanol–water partition coefficient (Wildman–Crippen LogP) is 6.09. The molecule has 0 amide bonds.